The summed E-state index contributed by atoms with van der Waals surface area (Å²) in [5.74, 6) is -6.11. The van der Waals surface area contributed by atoms with Gasteiger partial charge in [0, 0.05) is 12.6 Å². The van der Waals surface area contributed by atoms with E-state index < -0.39 is 23.8 Å². The summed E-state index contributed by atoms with van der Waals surface area (Å²) in [6.07, 6.45) is -0.126. The molecule has 0 spiro atoms. The van der Waals surface area contributed by atoms with Gasteiger partial charge in [0.05, 0.1) is 6.10 Å². The lowest BCUT2D eigenvalue weighted by Crippen LogP contribution is -2.54. The molecule has 0 aromatic heterocycles. The van der Waals surface area contributed by atoms with Gasteiger partial charge < -0.3 is 30.1 Å². The molecule has 0 saturated carbocycles. The van der Waals surface area contributed by atoms with Crippen LogP contribution in [0.2, 0.25) is 0 Å². The number of hydrogen-bond donors (Lipinski definition) is 4. The molecule has 0 bridgehead atoms. The molecule has 1 aliphatic rings. The Morgan fingerprint density at radius 2 is 1.61 bits per heavy atom. The monoisotopic (exact) mass is 473 g/mol. The molecule has 0 unspecified atom stereocenters. The summed E-state index contributed by atoms with van der Waals surface area (Å²) in [6.45, 7) is 2.31. The number of benzene rings is 3. The fourth-order valence-electron chi connectivity index (χ4n) is 3.71. The predicted molar refractivity (Wildman–Crippen MR) is 123 cm³/mol. The van der Waals surface area contributed by atoms with Gasteiger partial charge >= 0.3 is 17.7 Å². The molecule has 0 radical (unpaired) electrons. The van der Waals surface area contributed by atoms with Gasteiger partial charge in [0.25, 0.3) is 0 Å². The highest BCUT2D eigenvalue weighted by Gasteiger charge is 2.57. The van der Waals surface area contributed by atoms with Crippen molar-refractivity contribution in [3.8, 4) is 11.5 Å². The Morgan fingerprint density at radius 1 is 0.939 bits per heavy atom. The van der Waals surface area contributed by atoms with E-state index in [0.717, 1.165) is 21.9 Å². The number of carboxylic acid groups (broad SMARTS) is 2. The van der Waals surface area contributed by atoms with Crippen LogP contribution in [-0.4, -0.2) is 45.6 Å². The molecule has 0 amide bonds. The first-order chi connectivity index (χ1) is 15.3. The molecule has 3 aromatic rings. The van der Waals surface area contributed by atoms with E-state index in [4.69, 9.17) is 9.47 Å². The van der Waals surface area contributed by atoms with Crippen LogP contribution in [0, 0.1) is 0 Å². The summed E-state index contributed by atoms with van der Waals surface area (Å²) in [5, 5.41) is 34.5. The molecule has 174 valence electrons. The van der Waals surface area contributed by atoms with Crippen molar-refractivity contribution in [1.29, 1.82) is 0 Å². The first kappa shape index (κ1) is 24.3. The molecule has 9 heteroatoms. The molecule has 3 aromatic carbocycles. The maximum atomic E-state index is 11.4. The van der Waals surface area contributed by atoms with Crippen LogP contribution in [0.1, 0.15) is 24.2 Å². The molecule has 4 N–H and O–H groups in total. The van der Waals surface area contributed by atoms with Crippen molar-refractivity contribution < 1.29 is 34.4 Å². The van der Waals surface area contributed by atoms with Gasteiger partial charge in [-0.05, 0) is 53.4 Å². The zero-order valence-electron chi connectivity index (χ0n) is 17.7. The van der Waals surface area contributed by atoms with Crippen LogP contribution in [-0.2, 0) is 16.0 Å². The molecule has 2 atom stereocenters. The summed E-state index contributed by atoms with van der Waals surface area (Å²) in [7, 11) is 0. The standard InChI is InChI=1S/C24H23NO7.ClH/c1-14(25-13-19(26)18-8-7-16-4-2-3-5-17(16)12-18)10-15-6-9-20-21(11-15)32-24(31-20,22(27)28)23(29)30;/h2-9,11-12,14,19,25-26H,10,13H2,1H3,(H,27,28)(H,29,30);1H/t14-,19-;/m1./s1. The Bertz CT molecular complexity index is 1170. The first-order valence-corrected chi connectivity index (χ1v) is 10.2. The van der Waals surface area contributed by atoms with Crippen molar-refractivity contribution in [3.63, 3.8) is 0 Å². The number of rotatable bonds is 8. The Balaban J connectivity index is 0.00000306. The lowest BCUT2D eigenvalue weighted by Gasteiger charge is -2.18. The molecule has 4 rings (SSSR count). The van der Waals surface area contributed by atoms with E-state index in [2.05, 4.69) is 5.32 Å². The largest absolute Gasteiger partial charge is 0.475 e. The van der Waals surface area contributed by atoms with E-state index >= 15 is 0 Å². The van der Waals surface area contributed by atoms with Crippen LogP contribution >= 0.6 is 12.4 Å². The van der Waals surface area contributed by atoms with Gasteiger partial charge in [-0.2, -0.15) is 0 Å². The minimum Gasteiger partial charge on any atom is -0.475 e. The van der Waals surface area contributed by atoms with Crippen molar-refractivity contribution in [2.75, 3.05) is 6.54 Å². The van der Waals surface area contributed by atoms with Crippen molar-refractivity contribution in [3.05, 3.63) is 71.8 Å². The SMILES string of the molecule is C[C@H](Cc1ccc2c(c1)OC(C(=O)O)(C(=O)O)O2)NC[C@@H](O)c1ccc2ccccc2c1.Cl. The third-order valence-corrected chi connectivity index (χ3v) is 5.44. The minimum absolute atomic E-state index is 0. The van der Waals surface area contributed by atoms with Gasteiger partial charge in [-0.1, -0.05) is 42.5 Å². The number of ether oxygens (including phenoxy) is 2. The second-order valence-corrected chi connectivity index (χ2v) is 7.85. The second kappa shape index (κ2) is 9.66. The molecule has 0 fully saturated rings. The molecule has 1 aliphatic heterocycles. The quantitative estimate of drug-likeness (QED) is 0.368. The topological polar surface area (TPSA) is 125 Å². The molecule has 8 nitrogen and oxygen atoms in total. The van der Waals surface area contributed by atoms with E-state index in [1.807, 2.05) is 49.4 Å². The van der Waals surface area contributed by atoms with Crippen LogP contribution in [0.4, 0.5) is 0 Å². The number of aliphatic hydroxyl groups is 1. The molecule has 0 aliphatic carbocycles. The highest BCUT2D eigenvalue weighted by atomic mass is 35.5. The van der Waals surface area contributed by atoms with E-state index in [9.17, 15) is 24.9 Å². The maximum Gasteiger partial charge on any atom is 0.453 e. The van der Waals surface area contributed by atoms with Gasteiger partial charge in [-0.15, -0.1) is 12.4 Å². The molecule has 0 saturated heterocycles. The minimum atomic E-state index is -2.77. The average molecular weight is 474 g/mol. The van der Waals surface area contributed by atoms with Crippen LogP contribution in [0.25, 0.3) is 10.8 Å². The van der Waals surface area contributed by atoms with Crippen LogP contribution in [0.15, 0.2) is 60.7 Å². The fraction of sp³-hybridized carbons (Fsp3) is 0.250. The summed E-state index contributed by atoms with van der Waals surface area (Å²) in [6, 6.07) is 18.6. The third kappa shape index (κ3) is 4.88. The smallest absolute Gasteiger partial charge is 0.453 e. The zero-order chi connectivity index (χ0) is 22.9. The Morgan fingerprint density at radius 3 is 2.30 bits per heavy atom. The van der Waals surface area contributed by atoms with E-state index in [1.54, 1.807) is 12.1 Å². The van der Waals surface area contributed by atoms with Crippen molar-refractivity contribution in [2.24, 2.45) is 0 Å². The predicted octanol–water partition coefficient (Wildman–Crippen LogP) is 3.15. The van der Waals surface area contributed by atoms with Crippen LogP contribution < -0.4 is 14.8 Å². The van der Waals surface area contributed by atoms with Gasteiger partial charge in [0.15, 0.2) is 11.5 Å². The van der Waals surface area contributed by atoms with Crippen molar-refractivity contribution in [2.45, 2.75) is 31.3 Å². The van der Waals surface area contributed by atoms with E-state index in [1.165, 1.54) is 6.07 Å². The van der Waals surface area contributed by atoms with Gasteiger partial charge in [-0.25, -0.2) is 9.59 Å². The second-order valence-electron chi connectivity index (χ2n) is 7.85. The Hall–Kier alpha value is -3.33. The lowest BCUT2D eigenvalue weighted by atomic mass is 10.0. The molecule has 33 heavy (non-hydrogen) atoms. The van der Waals surface area contributed by atoms with Gasteiger partial charge in [0.2, 0.25) is 0 Å². The number of aliphatic carboxylic acids is 2. The maximum absolute atomic E-state index is 11.4. The van der Waals surface area contributed by atoms with Crippen molar-refractivity contribution >= 4 is 35.1 Å². The summed E-state index contributed by atoms with van der Waals surface area (Å²) in [5.41, 5.74) is 1.63. The highest BCUT2D eigenvalue weighted by molar-refractivity contribution is 6.01. The summed E-state index contributed by atoms with van der Waals surface area (Å²) in [4.78, 5) is 22.7. The number of carbonyl (C=O) groups is 2. The molecular formula is C24H24ClNO7. The van der Waals surface area contributed by atoms with Crippen molar-refractivity contribution in [1.82, 2.24) is 5.32 Å². The number of carboxylic acids is 2. The number of fused-ring (bicyclic) bond motifs is 2. The van der Waals surface area contributed by atoms with Gasteiger partial charge in [0.1, 0.15) is 0 Å². The zero-order valence-corrected chi connectivity index (χ0v) is 18.5. The number of halogens is 1. The first-order valence-electron chi connectivity index (χ1n) is 10.2. The van der Waals surface area contributed by atoms with E-state index in [-0.39, 0.29) is 29.9 Å². The summed E-state index contributed by atoms with van der Waals surface area (Å²) < 4.78 is 10.2. The normalized spacial score (nSPS) is 15.5. The summed E-state index contributed by atoms with van der Waals surface area (Å²) >= 11 is 0. The lowest BCUT2D eigenvalue weighted by molar-refractivity contribution is -0.194. The van der Waals surface area contributed by atoms with Crippen LogP contribution in [0.3, 0.4) is 0 Å². The Kier molecular flexibility index (Phi) is 7.12. The number of hydrogen-bond acceptors (Lipinski definition) is 6. The molecule has 1 heterocycles. The molecular weight excluding hydrogens is 450 g/mol. The highest BCUT2D eigenvalue weighted by Crippen LogP contribution is 2.40. The third-order valence-electron chi connectivity index (χ3n) is 5.44. The fourth-order valence-corrected chi connectivity index (χ4v) is 3.71. The van der Waals surface area contributed by atoms with Crippen LogP contribution in [0.5, 0.6) is 11.5 Å². The van der Waals surface area contributed by atoms with Gasteiger partial charge in [-0.3, -0.25) is 0 Å². The number of nitrogens with one attached hydrogen (secondary N) is 1. The number of aliphatic hydroxyl groups excluding tert-OH is 1. The Labute approximate surface area is 196 Å². The average Bonchev–Trinajstić information content (AvgIpc) is 3.18. The van der Waals surface area contributed by atoms with E-state index in [0.29, 0.717) is 13.0 Å².